The highest BCUT2D eigenvalue weighted by molar-refractivity contribution is 7.90. The van der Waals surface area contributed by atoms with E-state index in [1.165, 1.54) is 0 Å². The van der Waals surface area contributed by atoms with Gasteiger partial charge in [0.2, 0.25) is 0 Å². The molecule has 0 unspecified atom stereocenters. The zero-order valence-corrected chi connectivity index (χ0v) is 15.3. The standard InChI is InChI=1S/C14H21F3N4O2S2/c1-2-18-13(19-10-12-4-3-9-24-12)20-11-5-7-21(8-6-11)25(22,23)14(15,16)17/h3-4,9,11H,2,5-8,10H2,1H3,(H2,18,19,20). The Labute approximate surface area is 149 Å². The van der Waals surface area contributed by atoms with Crippen molar-refractivity contribution in [3.63, 3.8) is 0 Å². The highest BCUT2D eigenvalue weighted by Gasteiger charge is 2.50. The molecule has 11 heteroatoms. The molecule has 0 radical (unpaired) electrons. The van der Waals surface area contributed by atoms with Gasteiger partial charge in [0.15, 0.2) is 5.96 Å². The van der Waals surface area contributed by atoms with Gasteiger partial charge in [-0.2, -0.15) is 17.5 Å². The molecule has 0 atom stereocenters. The molecule has 0 amide bonds. The van der Waals surface area contributed by atoms with Crippen molar-refractivity contribution in [1.29, 1.82) is 0 Å². The number of nitrogens with one attached hydrogen (secondary N) is 2. The summed E-state index contributed by atoms with van der Waals surface area (Å²) in [6.45, 7) is 2.75. The van der Waals surface area contributed by atoms with Gasteiger partial charge in [-0.15, -0.1) is 11.3 Å². The van der Waals surface area contributed by atoms with Gasteiger partial charge in [0, 0.05) is 30.6 Å². The molecule has 0 bridgehead atoms. The average Bonchev–Trinajstić information content (AvgIpc) is 3.06. The number of thiophene rings is 1. The minimum Gasteiger partial charge on any atom is -0.357 e. The number of rotatable bonds is 5. The number of alkyl halides is 3. The molecule has 2 N–H and O–H groups in total. The Balaban J connectivity index is 1.91. The summed E-state index contributed by atoms with van der Waals surface area (Å²) in [6, 6.07) is 3.78. The second kappa shape index (κ2) is 8.37. The lowest BCUT2D eigenvalue weighted by Crippen LogP contribution is -2.51. The van der Waals surface area contributed by atoms with Crippen molar-refractivity contribution in [2.75, 3.05) is 19.6 Å². The second-order valence-electron chi connectivity index (χ2n) is 5.54. The molecule has 1 saturated heterocycles. The summed E-state index contributed by atoms with van der Waals surface area (Å²) in [4.78, 5) is 5.55. The Morgan fingerprint density at radius 1 is 1.40 bits per heavy atom. The number of guanidine groups is 1. The zero-order valence-electron chi connectivity index (χ0n) is 13.7. The maximum absolute atomic E-state index is 12.6. The summed E-state index contributed by atoms with van der Waals surface area (Å²) in [7, 11) is -5.24. The predicted molar refractivity (Wildman–Crippen MR) is 91.8 cm³/mol. The van der Waals surface area contributed by atoms with Crippen LogP contribution in [0.1, 0.15) is 24.6 Å². The minimum atomic E-state index is -5.25. The van der Waals surface area contributed by atoms with E-state index < -0.39 is 15.5 Å². The van der Waals surface area contributed by atoms with Gasteiger partial charge >= 0.3 is 15.5 Å². The Kier molecular flexibility index (Phi) is 6.69. The first kappa shape index (κ1) is 20.0. The molecule has 0 spiro atoms. The van der Waals surface area contributed by atoms with Crippen LogP contribution in [-0.4, -0.2) is 49.9 Å². The van der Waals surface area contributed by atoms with Crippen molar-refractivity contribution < 1.29 is 21.6 Å². The van der Waals surface area contributed by atoms with Gasteiger partial charge in [0.05, 0.1) is 6.54 Å². The molecule has 1 aliphatic rings. The quantitative estimate of drug-likeness (QED) is 0.589. The number of hydrogen-bond donors (Lipinski definition) is 2. The van der Waals surface area contributed by atoms with E-state index >= 15 is 0 Å². The lowest BCUT2D eigenvalue weighted by Gasteiger charge is -2.32. The summed E-state index contributed by atoms with van der Waals surface area (Å²) in [5, 5.41) is 8.22. The molecule has 1 fully saturated rings. The summed E-state index contributed by atoms with van der Waals surface area (Å²) >= 11 is 1.59. The predicted octanol–water partition coefficient (Wildman–Crippen LogP) is 2.12. The van der Waals surface area contributed by atoms with Crippen LogP contribution in [-0.2, 0) is 16.6 Å². The summed E-state index contributed by atoms with van der Waals surface area (Å²) in [6.07, 6.45) is 0.581. The van der Waals surface area contributed by atoms with E-state index in [9.17, 15) is 21.6 Å². The Bertz CT molecular complexity index is 667. The molecule has 2 heterocycles. The third-order valence-electron chi connectivity index (χ3n) is 3.74. The van der Waals surface area contributed by atoms with Crippen LogP contribution < -0.4 is 10.6 Å². The maximum Gasteiger partial charge on any atom is 0.511 e. The Morgan fingerprint density at radius 3 is 2.60 bits per heavy atom. The fraction of sp³-hybridized carbons (Fsp3) is 0.643. The number of hydrogen-bond acceptors (Lipinski definition) is 4. The third-order valence-corrected chi connectivity index (χ3v) is 6.24. The Morgan fingerprint density at radius 2 is 2.08 bits per heavy atom. The second-order valence-corrected chi connectivity index (χ2v) is 8.50. The molecule has 0 saturated carbocycles. The topological polar surface area (TPSA) is 73.8 Å². The SMILES string of the molecule is CCNC(=NCc1cccs1)NC1CCN(S(=O)(=O)C(F)(F)F)CC1. The molecule has 1 aliphatic heterocycles. The normalized spacial score (nSPS) is 18.3. The fourth-order valence-electron chi connectivity index (χ4n) is 2.46. The molecule has 0 aliphatic carbocycles. The molecular weight excluding hydrogens is 377 g/mol. The van der Waals surface area contributed by atoms with Crippen LogP contribution in [0.15, 0.2) is 22.5 Å². The van der Waals surface area contributed by atoms with Crippen LogP contribution in [0, 0.1) is 0 Å². The van der Waals surface area contributed by atoms with E-state index in [1.54, 1.807) is 11.3 Å². The maximum atomic E-state index is 12.6. The van der Waals surface area contributed by atoms with Gasteiger partial charge in [-0.3, -0.25) is 0 Å². The molecule has 1 aromatic rings. The van der Waals surface area contributed by atoms with Gasteiger partial charge in [-0.05, 0) is 31.2 Å². The number of piperidine rings is 1. The first-order valence-electron chi connectivity index (χ1n) is 7.87. The molecule has 6 nitrogen and oxygen atoms in total. The minimum absolute atomic E-state index is 0.124. The molecule has 0 aromatic carbocycles. The van der Waals surface area contributed by atoms with Crippen LogP contribution in [0.2, 0.25) is 0 Å². The van der Waals surface area contributed by atoms with Gasteiger partial charge in [0.25, 0.3) is 0 Å². The van der Waals surface area contributed by atoms with Crippen molar-refractivity contribution in [3.05, 3.63) is 22.4 Å². The van der Waals surface area contributed by atoms with Crippen LogP contribution in [0.5, 0.6) is 0 Å². The van der Waals surface area contributed by atoms with Crippen molar-refractivity contribution >= 4 is 27.3 Å². The van der Waals surface area contributed by atoms with E-state index in [0.29, 0.717) is 36.2 Å². The zero-order chi connectivity index (χ0) is 18.5. The van der Waals surface area contributed by atoms with E-state index in [2.05, 4.69) is 15.6 Å². The smallest absolute Gasteiger partial charge is 0.357 e. The lowest BCUT2D eigenvalue weighted by molar-refractivity contribution is -0.0494. The van der Waals surface area contributed by atoms with Gasteiger partial charge < -0.3 is 10.6 Å². The molecule has 2 rings (SSSR count). The van der Waals surface area contributed by atoms with E-state index in [4.69, 9.17) is 0 Å². The highest BCUT2D eigenvalue weighted by atomic mass is 32.2. The summed E-state index contributed by atoms with van der Waals surface area (Å²) in [5.74, 6) is 0.577. The van der Waals surface area contributed by atoms with Crippen LogP contribution >= 0.6 is 11.3 Å². The monoisotopic (exact) mass is 398 g/mol. The lowest BCUT2D eigenvalue weighted by atomic mass is 10.1. The van der Waals surface area contributed by atoms with Crippen LogP contribution in [0.3, 0.4) is 0 Å². The number of halogens is 3. The van der Waals surface area contributed by atoms with Crippen molar-refractivity contribution in [3.8, 4) is 0 Å². The van der Waals surface area contributed by atoms with E-state index in [-0.39, 0.29) is 19.1 Å². The van der Waals surface area contributed by atoms with Crippen LogP contribution in [0.4, 0.5) is 13.2 Å². The van der Waals surface area contributed by atoms with Crippen LogP contribution in [0.25, 0.3) is 0 Å². The number of aliphatic imine (C=N–C) groups is 1. The van der Waals surface area contributed by atoms with Gasteiger partial charge in [0.1, 0.15) is 0 Å². The average molecular weight is 398 g/mol. The summed E-state index contributed by atoms with van der Waals surface area (Å²) in [5.41, 5.74) is -5.25. The van der Waals surface area contributed by atoms with Crippen molar-refractivity contribution in [2.24, 2.45) is 4.99 Å². The first-order chi connectivity index (χ1) is 11.7. The number of nitrogens with zero attached hydrogens (tertiary/aromatic N) is 2. The molecular formula is C14H21F3N4O2S2. The van der Waals surface area contributed by atoms with Gasteiger partial charge in [-0.25, -0.2) is 13.4 Å². The fourth-order valence-corrected chi connectivity index (χ4v) is 4.07. The third kappa shape index (κ3) is 5.32. The highest BCUT2D eigenvalue weighted by Crippen LogP contribution is 2.28. The summed E-state index contributed by atoms with van der Waals surface area (Å²) < 4.78 is 61.1. The molecule has 1 aromatic heterocycles. The Hall–Kier alpha value is -1.33. The van der Waals surface area contributed by atoms with E-state index in [0.717, 1.165) is 4.88 Å². The number of sulfonamides is 1. The molecule has 25 heavy (non-hydrogen) atoms. The van der Waals surface area contributed by atoms with Crippen molar-refractivity contribution in [1.82, 2.24) is 14.9 Å². The largest absolute Gasteiger partial charge is 0.511 e. The van der Waals surface area contributed by atoms with E-state index in [1.807, 2.05) is 24.4 Å². The van der Waals surface area contributed by atoms with Crippen molar-refractivity contribution in [2.45, 2.75) is 37.9 Å². The van der Waals surface area contributed by atoms with Gasteiger partial charge in [-0.1, -0.05) is 6.07 Å². The molecule has 142 valence electrons. The first-order valence-corrected chi connectivity index (χ1v) is 10.2.